The summed E-state index contributed by atoms with van der Waals surface area (Å²) in [6.07, 6.45) is 0.241. The molecule has 0 bridgehead atoms. The van der Waals surface area contributed by atoms with Gasteiger partial charge >= 0.3 is 0 Å². The van der Waals surface area contributed by atoms with Gasteiger partial charge in [0.25, 0.3) is 0 Å². The van der Waals surface area contributed by atoms with Gasteiger partial charge in [0.1, 0.15) is 5.75 Å². The van der Waals surface area contributed by atoms with Gasteiger partial charge in [-0.2, -0.15) is 0 Å². The second-order valence-corrected chi connectivity index (χ2v) is 3.69. The van der Waals surface area contributed by atoms with E-state index in [2.05, 4.69) is 21.2 Å². The molecule has 0 amide bonds. The third kappa shape index (κ3) is 2.22. The van der Waals surface area contributed by atoms with Gasteiger partial charge < -0.3 is 10.4 Å². The number of aromatic hydroxyl groups is 1. The Morgan fingerprint density at radius 1 is 1.50 bits per heavy atom. The van der Waals surface area contributed by atoms with E-state index < -0.39 is 11.6 Å². The molecule has 0 saturated heterocycles. The van der Waals surface area contributed by atoms with Gasteiger partial charge in [-0.25, -0.2) is 8.78 Å². The fourth-order valence-electron chi connectivity index (χ4n) is 1.11. The van der Waals surface area contributed by atoms with E-state index in [0.29, 0.717) is 6.54 Å². The van der Waals surface area contributed by atoms with E-state index in [1.54, 1.807) is 7.05 Å². The summed E-state index contributed by atoms with van der Waals surface area (Å²) in [6.45, 7) is 0.473. The smallest absolute Gasteiger partial charge is 0.165 e. The van der Waals surface area contributed by atoms with Gasteiger partial charge in [0, 0.05) is 5.56 Å². The molecule has 0 aromatic heterocycles. The van der Waals surface area contributed by atoms with Crippen molar-refractivity contribution in [1.82, 2.24) is 5.32 Å². The summed E-state index contributed by atoms with van der Waals surface area (Å²) in [4.78, 5) is 0. The molecule has 0 unspecified atom stereocenters. The molecule has 1 aromatic carbocycles. The Morgan fingerprint density at radius 2 is 2.14 bits per heavy atom. The first-order valence-electron chi connectivity index (χ1n) is 4.08. The number of hydrogen-bond acceptors (Lipinski definition) is 2. The average Bonchev–Trinajstić information content (AvgIpc) is 2.15. The van der Waals surface area contributed by atoms with Gasteiger partial charge in [0.2, 0.25) is 0 Å². The molecule has 0 aliphatic carbocycles. The Kier molecular flexibility index (Phi) is 3.83. The monoisotopic (exact) mass is 265 g/mol. The summed E-state index contributed by atoms with van der Waals surface area (Å²) in [5, 5.41) is 12.2. The van der Waals surface area contributed by atoms with Gasteiger partial charge in [-0.1, -0.05) is 0 Å². The van der Waals surface area contributed by atoms with Crippen LogP contribution in [0.25, 0.3) is 0 Å². The number of phenolic OH excluding ortho intramolecular Hbond substituents is 1. The summed E-state index contributed by atoms with van der Waals surface area (Å²) in [7, 11) is 1.70. The molecule has 2 N–H and O–H groups in total. The van der Waals surface area contributed by atoms with E-state index in [-0.39, 0.29) is 22.2 Å². The van der Waals surface area contributed by atoms with Crippen molar-refractivity contribution in [3.05, 3.63) is 27.7 Å². The molecule has 1 rings (SSSR count). The van der Waals surface area contributed by atoms with Crippen molar-refractivity contribution in [2.75, 3.05) is 13.6 Å². The lowest BCUT2D eigenvalue weighted by atomic mass is 10.1. The normalized spacial score (nSPS) is 10.6. The highest BCUT2D eigenvalue weighted by molar-refractivity contribution is 9.10. The Balaban J connectivity index is 3.11. The van der Waals surface area contributed by atoms with Crippen molar-refractivity contribution in [2.45, 2.75) is 6.42 Å². The quantitative estimate of drug-likeness (QED) is 0.822. The van der Waals surface area contributed by atoms with Crippen LogP contribution >= 0.6 is 15.9 Å². The van der Waals surface area contributed by atoms with Gasteiger partial charge in [0.15, 0.2) is 11.6 Å². The first kappa shape index (κ1) is 11.4. The highest BCUT2D eigenvalue weighted by Gasteiger charge is 2.15. The summed E-state index contributed by atoms with van der Waals surface area (Å²) in [6, 6.07) is 0.910. The second kappa shape index (κ2) is 4.70. The standard InChI is InChI=1S/C9H10BrF2NO/c1-13-3-2-5-8(12)7(11)4-6(10)9(5)14/h4,13-14H,2-3H2,1H3. The lowest BCUT2D eigenvalue weighted by molar-refractivity contribution is 0.437. The number of phenols is 1. The molecule has 78 valence electrons. The Morgan fingerprint density at radius 3 is 2.71 bits per heavy atom. The van der Waals surface area contributed by atoms with Crippen LogP contribution < -0.4 is 5.32 Å². The predicted molar refractivity (Wildman–Crippen MR) is 53.4 cm³/mol. The number of benzene rings is 1. The molecule has 2 nitrogen and oxygen atoms in total. The van der Waals surface area contributed by atoms with Gasteiger partial charge in [-0.3, -0.25) is 0 Å². The third-order valence-corrected chi connectivity index (χ3v) is 2.47. The summed E-state index contributed by atoms with van der Waals surface area (Å²) in [5.74, 6) is -2.18. The number of hydrogen-bond donors (Lipinski definition) is 2. The van der Waals surface area contributed by atoms with Crippen LogP contribution in [0.15, 0.2) is 10.5 Å². The molecular formula is C9H10BrF2NO. The maximum absolute atomic E-state index is 13.2. The molecule has 0 radical (unpaired) electrons. The zero-order valence-electron chi connectivity index (χ0n) is 7.57. The van der Waals surface area contributed by atoms with Gasteiger partial charge in [-0.15, -0.1) is 0 Å². The number of nitrogens with one attached hydrogen (secondary N) is 1. The molecule has 0 fully saturated rings. The highest BCUT2D eigenvalue weighted by atomic mass is 79.9. The molecule has 0 saturated carbocycles. The summed E-state index contributed by atoms with van der Waals surface area (Å²) in [5.41, 5.74) is -0.00812. The van der Waals surface area contributed by atoms with Gasteiger partial charge in [0.05, 0.1) is 4.47 Å². The van der Waals surface area contributed by atoms with Gasteiger partial charge in [-0.05, 0) is 42.0 Å². The van der Waals surface area contributed by atoms with Crippen LogP contribution in [0, 0.1) is 11.6 Å². The first-order chi connectivity index (χ1) is 6.57. The second-order valence-electron chi connectivity index (χ2n) is 2.83. The van der Waals surface area contributed by atoms with Crippen molar-refractivity contribution in [3.63, 3.8) is 0 Å². The molecular weight excluding hydrogens is 256 g/mol. The van der Waals surface area contributed by atoms with E-state index in [4.69, 9.17) is 0 Å². The van der Waals surface area contributed by atoms with Crippen LogP contribution in [-0.2, 0) is 6.42 Å². The first-order valence-corrected chi connectivity index (χ1v) is 4.87. The molecule has 14 heavy (non-hydrogen) atoms. The van der Waals surface area contributed by atoms with Crippen LogP contribution in [0.3, 0.4) is 0 Å². The van der Waals surface area contributed by atoms with Crippen molar-refractivity contribution < 1.29 is 13.9 Å². The molecule has 0 heterocycles. The Labute approximate surface area is 89.1 Å². The van der Waals surface area contributed by atoms with Crippen LogP contribution in [0.5, 0.6) is 5.75 Å². The zero-order chi connectivity index (χ0) is 10.7. The van der Waals surface area contributed by atoms with Crippen LogP contribution in [-0.4, -0.2) is 18.7 Å². The van der Waals surface area contributed by atoms with Crippen molar-refractivity contribution >= 4 is 15.9 Å². The lowest BCUT2D eigenvalue weighted by Gasteiger charge is -2.08. The minimum atomic E-state index is -0.985. The molecule has 1 aromatic rings. The van der Waals surface area contributed by atoms with E-state index in [0.717, 1.165) is 6.07 Å². The third-order valence-electron chi connectivity index (χ3n) is 1.87. The van der Waals surface area contributed by atoms with E-state index >= 15 is 0 Å². The lowest BCUT2D eigenvalue weighted by Crippen LogP contribution is -2.12. The molecule has 0 aliphatic heterocycles. The topological polar surface area (TPSA) is 32.3 Å². The van der Waals surface area contributed by atoms with Crippen LogP contribution in [0.4, 0.5) is 8.78 Å². The molecule has 0 atom stereocenters. The van der Waals surface area contributed by atoms with E-state index in [1.807, 2.05) is 0 Å². The maximum Gasteiger partial charge on any atom is 0.165 e. The summed E-state index contributed by atoms with van der Waals surface area (Å²) >= 11 is 2.95. The van der Waals surface area contributed by atoms with Crippen LogP contribution in [0.1, 0.15) is 5.56 Å². The van der Waals surface area contributed by atoms with Crippen molar-refractivity contribution in [3.8, 4) is 5.75 Å². The minimum Gasteiger partial charge on any atom is -0.506 e. The predicted octanol–water partition coefficient (Wildman–Crippen LogP) is 2.19. The fraction of sp³-hybridized carbons (Fsp3) is 0.333. The molecule has 0 spiro atoms. The largest absolute Gasteiger partial charge is 0.506 e. The molecule has 0 aliphatic rings. The maximum atomic E-state index is 13.2. The van der Waals surface area contributed by atoms with E-state index in [1.165, 1.54) is 0 Å². The zero-order valence-corrected chi connectivity index (χ0v) is 9.16. The fourth-order valence-corrected chi connectivity index (χ4v) is 1.55. The average molecular weight is 266 g/mol. The molecule has 5 heteroatoms. The minimum absolute atomic E-state index is 0.00812. The van der Waals surface area contributed by atoms with Crippen molar-refractivity contribution in [1.29, 1.82) is 0 Å². The van der Waals surface area contributed by atoms with E-state index in [9.17, 15) is 13.9 Å². The Hall–Kier alpha value is -0.680. The van der Waals surface area contributed by atoms with Crippen LogP contribution in [0.2, 0.25) is 0 Å². The number of rotatable bonds is 3. The Bertz CT molecular complexity index is 318. The highest BCUT2D eigenvalue weighted by Crippen LogP contribution is 2.31. The number of likely N-dealkylation sites (N-methyl/N-ethyl adjacent to an activating group) is 1. The number of halogens is 3. The summed E-state index contributed by atoms with van der Waals surface area (Å²) < 4.78 is 26.3. The SMILES string of the molecule is CNCCc1c(O)c(Br)cc(F)c1F. The van der Waals surface area contributed by atoms with Crippen molar-refractivity contribution in [2.24, 2.45) is 0 Å².